The average molecular weight is 653 g/mol. The fourth-order valence-corrected chi connectivity index (χ4v) is 8.03. The second kappa shape index (κ2) is 18.3. The van der Waals surface area contributed by atoms with E-state index in [9.17, 15) is 9.90 Å². The summed E-state index contributed by atoms with van der Waals surface area (Å²) in [6, 6.07) is 6.19. The molecule has 1 aliphatic rings. The van der Waals surface area contributed by atoms with Crippen molar-refractivity contribution in [2.45, 2.75) is 86.4 Å². The molecule has 2 aromatic rings. The van der Waals surface area contributed by atoms with E-state index in [0.29, 0.717) is 62.6 Å². The maximum atomic E-state index is 14.2. The fraction of sp³-hybridized carbons (Fsp3) is 0.500. The van der Waals surface area contributed by atoms with Crippen molar-refractivity contribution in [3.8, 4) is 0 Å². The number of fused-ring (bicyclic) bond motifs is 1. The first-order valence-corrected chi connectivity index (χ1v) is 18.6. The van der Waals surface area contributed by atoms with Gasteiger partial charge in [0.2, 0.25) is 0 Å². The topological polar surface area (TPSA) is 45.0 Å². The number of nitrogens with zero attached hydrogens (tertiary/aromatic N) is 2. The van der Waals surface area contributed by atoms with Gasteiger partial charge in [0.15, 0.2) is 0 Å². The predicted molar refractivity (Wildman–Crippen MR) is 196 cm³/mol. The van der Waals surface area contributed by atoms with Crippen LogP contribution in [0.15, 0.2) is 81.2 Å². The van der Waals surface area contributed by atoms with E-state index in [1.54, 1.807) is 0 Å². The number of pyridine rings is 1. The standard InChI is InChI=1S/C36H51BClN2O2PS/c1-8-28(29-15-18-44-24-29)19-27(23-41)20-34-32(37-35-13-11-12-16-40(34)35)22-39(17-14-25(4)5)36(42)31(10-3)33(38)21-30(9-2)43-26(6)7/h8,11-13,15-16,18-19,21,25-26,29,41,43H,9-10,14,17,20,22-24H2,1-7H3/b27-19-,28-8+,30-21+,33-31-. The molecule has 4 nitrogen and oxygen atoms in total. The van der Waals surface area contributed by atoms with Crippen LogP contribution in [-0.4, -0.2) is 51.8 Å². The summed E-state index contributed by atoms with van der Waals surface area (Å²) in [5.41, 5.74) is 6.73. The first-order valence-electron chi connectivity index (χ1n) is 16.1. The van der Waals surface area contributed by atoms with Gasteiger partial charge in [-0.2, -0.15) is 0 Å². The van der Waals surface area contributed by atoms with Gasteiger partial charge in [-0.3, -0.25) is 0 Å². The molecule has 0 fully saturated rings. The van der Waals surface area contributed by atoms with Crippen molar-refractivity contribution in [2.24, 2.45) is 11.8 Å². The summed E-state index contributed by atoms with van der Waals surface area (Å²) in [5.74, 6) is 1.88. The molecule has 3 rings (SSSR count). The van der Waals surface area contributed by atoms with Gasteiger partial charge in [0.25, 0.3) is 0 Å². The van der Waals surface area contributed by atoms with Gasteiger partial charge in [-0.25, -0.2) is 0 Å². The predicted octanol–water partition coefficient (Wildman–Crippen LogP) is 9.22. The Morgan fingerprint density at radius 2 is 2.00 bits per heavy atom. The van der Waals surface area contributed by atoms with Crippen LogP contribution in [0.3, 0.4) is 0 Å². The van der Waals surface area contributed by atoms with Crippen molar-refractivity contribution in [1.82, 2.24) is 9.30 Å². The molecule has 2 atom stereocenters. The molecule has 238 valence electrons. The van der Waals surface area contributed by atoms with Crippen molar-refractivity contribution in [2.75, 3.05) is 18.9 Å². The Kier molecular flexibility index (Phi) is 15.3. The third-order valence-electron chi connectivity index (χ3n) is 7.97. The fourth-order valence-electron chi connectivity index (χ4n) is 5.49. The number of allylic oxidation sites excluding steroid dienone is 7. The number of hydrogen-bond donors (Lipinski definition) is 1. The Bertz CT molecular complexity index is 1420. The monoisotopic (exact) mass is 652 g/mol. The molecule has 0 spiro atoms. The first-order chi connectivity index (χ1) is 21.1. The quantitative estimate of drug-likeness (QED) is 0.112. The SMILES string of the molecule is C/C=C(\C=C(/CO)Cc1c(CN(CCC(C)C)C(=O)/C(CC)=C(Cl)/C=C(\CC)PC(C)C)bc2ccccn12)C1C=CSC1. The summed E-state index contributed by atoms with van der Waals surface area (Å²) in [7, 11) is 0.698. The Hall–Kier alpha value is -1.85. The summed E-state index contributed by atoms with van der Waals surface area (Å²) in [5, 5.41) is 14.5. The van der Waals surface area contributed by atoms with Gasteiger partial charge in [0.05, 0.1) is 0 Å². The number of hydrogen-bond acceptors (Lipinski definition) is 3. The van der Waals surface area contributed by atoms with Crippen LogP contribution in [-0.2, 0) is 17.8 Å². The van der Waals surface area contributed by atoms with E-state index in [0.717, 1.165) is 40.7 Å². The summed E-state index contributed by atoms with van der Waals surface area (Å²) in [6.07, 6.45) is 13.7. The van der Waals surface area contributed by atoms with Crippen LogP contribution in [0, 0.1) is 11.8 Å². The second-order valence-electron chi connectivity index (χ2n) is 12.2. The Morgan fingerprint density at radius 1 is 1.23 bits per heavy atom. The summed E-state index contributed by atoms with van der Waals surface area (Å²) in [6.45, 7) is 18.4. The van der Waals surface area contributed by atoms with Crippen LogP contribution in [0.25, 0.3) is 5.41 Å². The number of rotatable bonds is 16. The number of aliphatic hydroxyl groups excluding tert-OH is 1. The zero-order chi connectivity index (χ0) is 32.2. The number of aliphatic hydroxyl groups is 1. The van der Waals surface area contributed by atoms with Crippen LogP contribution < -0.4 is 0 Å². The first kappa shape index (κ1) is 36.6. The van der Waals surface area contributed by atoms with Gasteiger partial charge in [-0.1, -0.05) is 0 Å². The van der Waals surface area contributed by atoms with Crippen molar-refractivity contribution >= 4 is 50.2 Å². The van der Waals surface area contributed by atoms with Crippen molar-refractivity contribution < 1.29 is 9.90 Å². The molecule has 8 heteroatoms. The van der Waals surface area contributed by atoms with E-state index in [2.05, 4.69) is 88.8 Å². The van der Waals surface area contributed by atoms with E-state index in [-0.39, 0.29) is 12.5 Å². The van der Waals surface area contributed by atoms with Gasteiger partial charge in [-0.05, 0) is 0 Å². The summed E-state index contributed by atoms with van der Waals surface area (Å²) in [4.78, 5) is 16.2. The molecule has 1 N–H and O–H groups in total. The third-order valence-corrected chi connectivity index (χ3v) is 10.7. The number of amides is 1. The van der Waals surface area contributed by atoms with Crippen LogP contribution >= 0.6 is 31.9 Å². The van der Waals surface area contributed by atoms with Crippen LogP contribution in [0.5, 0.6) is 0 Å². The number of halogens is 1. The van der Waals surface area contributed by atoms with Gasteiger partial charge in [0, 0.05) is 0 Å². The second-order valence-corrected chi connectivity index (χ2v) is 15.6. The normalized spacial score (nSPS) is 17.1. The Balaban J connectivity index is 2.03. The zero-order valence-electron chi connectivity index (χ0n) is 27.7. The van der Waals surface area contributed by atoms with E-state index >= 15 is 0 Å². The zero-order valence-corrected chi connectivity index (χ0v) is 30.3. The molecule has 0 bridgehead atoms. The molecule has 2 aromatic heterocycles. The molecule has 1 aliphatic heterocycles. The Morgan fingerprint density at radius 3 is 2.59 bits per heavy atom. The average Bonchev–Trinajstić information content (AvgIpc) is 3.65. The van der Waals surface area contributed by atoms with Gasteiger partial charge in [0.1, 0.15) is 0 Å². The molecule has 44 heavy (non-hydrogen) atoms. The minimum atomic E-state index is -0.0160. The summed E-state index contributed by atoms with van der Waals surface area (Å²) >= 11 is 8.74. The van der Waals surface area contributed by atoms with Crippen LogP contribution in [0.1, 0.15) is 78.9 Å². The third kappa shape index (κ3) is 10.3. The minimum absolute atomic E-state index is 0.0126. The van der Waals surface area contributed by atoms with E-state index in [4.69, 9.17) is 11.6 Å². The molecule has 1 amide bonds. The molecule has 2 unspecified atom stereocenters. The Labute approximate surface area is 277 Å². The van der Waals surface area contributed by atoms with Crippen LogP contribution in [0.2, 0.25) is 0 Å². The van der Waals surface area contributed by atoms with Gasteiger partial charge in [-0.15, -0.1) is 0 Å². The van der Waals surface area contributed by atoms with Crippen molar-refractivity contribution in [1.29, 1.82) is 0 Å². The molecule has 0 saturated heterocycles. The van der Waals surface area contributed by atoms with Crippen molar-refractivity contribution in [3.05, 3.63) is 92.3 Å². The van der Waals surface area contributed by atoms with E-state index in [1.165, 1.54) is 10.9 Å². The van der Waals surface area contributed by atoms with Crippen molar-refractivity contribution in [3.63, 3.8) is 0 Å². The molecular formula is C36H51BClN2O2PS. The number of thioether (sulfide) groups is 1. The maximum absolute atomic E-state index is 14.2. The molecule has 0 aliphatic carbocycles. The van der Waals surface area contributed by atoms with Crippen LogP contribution in [0.4, 0.5) is 0 Å². The molecule has 0 aromatic carbocycles. The van der Waals surface area contributed by atoms with Gasteiger partial charge >= 0.3 is 279 Å². The van der Waals surface area contributed by atoms with E-state index < -0.39 is 0 Å². The summed E-state index contributed by atoms with van der Waals surface area (Å²) < 4.78 is 2.21. The number of aromatic nitrogens is 1. The molecule has 3 heterocycles. The van der Waals surface area contributed by atoms with Gasteiger partial charge < -0.3 is 0 Å². The number of carbonyl (C=O) groups excluding carboxylic acids is 1. The molecule has 0 saturated carbocycles. The molecular weight excluding hydrogens is 602 g/mol. The van der Waals surface area contributed by atoms with E-state index in [1.807, 2.05) is 41.8 Å². The molecule has 0 radical (unpaired) electrons. The number of carbonyl (C=O) groups is 1.